The Bertz CT molecular complexity index is 3410. The van der Waals surface area contributed by atoms with E-state index >= 15 is 0 Å². The summed E-state index contributed by atoms with van der Waals surface area (Å²) < 4.78 is 36.4. The summed E-state index contributed by atoms with van der Waals surface area (Å²) in [5.74, 6) is -6.55. The van der Waals surface area contributed by atoms with Crippen LogP contribution in [0.25, 0.3) is 0 Å². The maximum Gasteiger partial charge on any atom is 0.410 e. The molecule has 3 aromatic carbocycles. The van der Waals surface area contributed by atoms with Crippen molar-refractivity contribution >= 4 is 70.5 Å². The Kier molecular flexibility index (Phi) is 20.3. The number of morpholine rings is 1. The van der Waals surface area contributed by atoms with Gasteiger partial charge in [-0.2, -0.15) is 0 Å². The van der Waals surface area contributed by atoms with Crippen LogP contribution >= 0.6 is 0 Å². The van der Waals surface area contributed by atoms with Crippen LogP contribution in [0.5, 0.6) is 11.5 Å². The van der Waals surface area contributed by atoms with Gasteiger partial charge in [0.15, 0.2) is 30.4 Å². The van der Waals surface area contributed by atoms with E-state index in [1.165, 1.54) is 47.3 Å². The monoisotopic (exact) mass is 1280 g/mol. The van der Waals surface area contributed by atoms with E-state index < -0.39 is 138 Å². The van der Waals surface area contributed by atoms with E-state index in [0.29, 0.717) is 43.7 Å². The molecule has 5 aliphatic heterocycles. The summed E-state index contributed by atoms with van der Waals surface area (Å²) in [4.78, 5) is 138. The molecule has 4 saturated heterocycles. The van der Waals surface area contributed by atoms with Crippen LogP contribution in [-0.2, 0) is 70.2 Å². The van der Waals surface area contributed by atoms with E-state index in [1.54, 1.807) is 38.1 Å². The van der Waals surface area contributed by atoms with E-state index in [4.69, 9.17) is 39.9 Å². The van der Waals surface area contributed by atoms with Crippen molar-refractivity contribution in [1.29, 1.82) is 0 Å². The molecule has 494 valence electrons. The SMILES string of the molecule is CO[C@H]1OCCN2[C@@H]1O[C@@H]1[C@H](C)O[C@@H](O[C@H]3C[C@](O)(C(=O)N4CCN(C(=O)OCc5ccc(NC(=O)[C@H](CCCNC(N)=O)NC(=O)[C@@H](NC(=O)CCCCCN6C(=O)C=CC6=O)C(C)C)cc5)CC4)Cc4c(O)c5c(c(O)c43)C(=O)c3c(N)cccc3C5=O)C[C@@H]12. The number of nitrogens with two attached hydrogens (primary N) is 2. The number of aliphatic hydroxyl groups is 1. The van der Waals surface area contributed by atoms with Gasteiger partial charge in [-0.1, -0.05) is 44.5 Å². The van der Waals surface area contributed by atoms with E-state index in [1.807, 2.05) is 6.92 Å². The second kappa shape index (κ2) is 28.1. The fraction of sp³-hybridized carbons (Fsp3) is 0.524. The Hall–Kier alpha value is -8.58. The van der Waals surface area contributed by atoms with Crippen molar-refractivity contribution in [2.75, 3.05) is 70.6 Å². The quantitative estimate of drug-likeness (QED) is 0.0234. The number of primary amides is 1. The molecule has 2 aliphatic carbocycles. The molecular formula is C63H78N10O19. The molecule has 0 spiro atoms. The van der Waals surface area contributed by atoms with Crippen molar-refractivity contribution < 1.29 is 91.7 Å². The number of phenols is 2. The second-order valence-corrected chi connectivity index (χ2v) is 24.4. The molecule has 0 bridgehead atoms. The number of imide groups is 1. The number of hydrogen-bond donors (Lipinski definition) is 9. The van der Waals surface area contributed by atoms with E-state index in [9.17, 15) is 63.3 Å². The number of anilines is 2. The standard InChI is InChI=1S/C63H78N10O19/c1-32(2)50(69-42(74)13-6-5-7-21-73-43(75)18-19-44(73)76)57(82)68-39(12-9-20-66-61(65)84)56(81)67-35-16-14-34(15-17-35)31-89-62(85)71-24-22-70(23-25-71)60(83)63(86)29-37-47(54(80)49-48(52(37)78)51(77)36-10-8-11-38(64)46(36)53(49)79)41(30-63)91-45-28-40-55(33(3)90-45)92-58-59(87-4)88-27-26-72(40)58/h8,10-11,14-19,32-33,39-41,45,50,55,58-59,78,80,86H,5-7,9,12-13,20-31,64H2,1-4H3,(H,67,81)(H,68,82)(H,69,74)(H3,65,66,84)/t33-,39-,40-,41-,45-,50-,55+,58+,59-,63-/m0/s1. The molecule has 3 aromatic rings. The number of benzene rings is 3. The zero-order valence-corrected chi connectivity index (χ0v) is 51.5. The zero-order chi connectivity index (χ0) is 65.9. The molecule has 7 aliphatic rings. The number of carbonyl (C=O) groups is 10. The smallest absolute Gasteiger partial charge is 0.410 e. The molecule has 29 heteroatoms. The van der Waals surface area contributed by atoms with E-state index in [-0.39, 0.29) is 123 Å². The minimum absolute atomic E-state index is 0.0145. The Morgan fingerprint density at radius 2 is 1.53 bits per heavy atom. The summed E-state index contributed by atoms with van der Waals surface area (Å²) in [5, 5.41) is 47.8. The lowest BCUT2D eigenvalue weighted by Gasteiger charge is -2.45. The fourth-order valence-electron chi connectivity index (χ4n) is 13.1. The van der Waals surface area contributed by atoms with Crippen LogP contribution < -0.4 is 32.7 Å². The molecule has 9 amide bonds. The topological polar surface area (TPSA) is 400 Å². The molecule has 92 heavy (non-hydrogen) atoms. The van der Waals surface area contributed by atoms with Gasteiger partial charge in [0, 0.05) is 125 Å². The number of nitrogens with zero attached hydrogens (tertiary/aromatic N) is 4. The average molecular weight is 1280 g/mol. The van der Waals surface area contributed by atoms with Gasteiger partial charge in [-0.3, -0.25) is 48.2 Å². The number of carbonyl (C=O) groups excluding carboxylic acids is 10. The number of rotatable bonds is 22. The van der Waals surface area contributed by atoms with Crippen LogP contribution in [0.2, 0.25) is 0 Å². The highest BCUT2D eigenvalue weighted by Gasteiger charge is 2.56. The third-order valence-electron chi connectivity index (χ3n) is 17.9. The number of hydrogen-bond acceptors (Lipinski definition) is 21. The van der Waals surface area contributed by atoms with Crippen molar-refractivity contribution in [2.24, 2.45) is 11.7 Å². The summed E-state index contributed by atoms with van der Waals surface area (Å²) in [6.07, 6.45) is -1.91. The maximum atomic E-state index is 14.8. The predicted octanol–water partition coefficient (Wildman–Crippen LogP) is 1.70. The van der Waals surface area contributed by atoms with E-state index in [2.05, 4.69) is 26.2 Å². The lowest BCUT2D eigenvalue weighted by atomic mass is 9.72. The Balaban J connectivity index is 0.754. The molecule has 29 nitrogen and oxygen atoms in total. The van der Waals surface area contributed by atoms with Crippen molar-refractivity contribution in [3.05, 3.63) is 93.6 Å². The predicted molar refractivity (Wildman–Crippen MR) is 323 cm³/mol. The van der Waals surface area contributed by atoms with Gasteiger partial charge in [-0.15, -0.1) is 0 Å². The van der Waals surface area contributed by atoms with Crippen molar-refractivity contribution in [3.63, 3.8) is 0 Å². The van der Waals surface area contributed by atoms with E-state index in [0.717, 1.165) is 4.90 Å². The summed E-state index contributed by atoms with van der Waals surface area (Å²) in [6.45, 7) is 6.16. The molecular weight excluding hydrogens is 1200 g/mol. The molecule has 0 aromatic heterocycles. The summed E-state index contributed by atoms with van der Waals surface area (Å²) in [5.41, 5.74) is 8.40. The summed E-state index contributed by atoms with van der Waals surface area (Å²) in [6, 6.07) is 7.50. The first-order valence-corrected chi connectivity index (χ1v) is 30.9. The Morgan fingerprint density at radius 3 is 2.23 bits per heavy atom. The fourth-order valence-corrected chi connectivity index (χ4v) is 13.1. The van der Waals surface area contributed by atoms with Crippen LogP contribution in [0, 0.1) is 5.92 Å². The minimum atomic E-state index is -2.34. The van der Waals surface area contributed by atoms with Gasteiger partial charge in [0.05, 0.1) is 35.5 Å². The van der Waals surface area contributed by atoms with Gasteiger partial charge in [-0.25, -0.2) is 9.59 Å². The van der Waals surface area contributed by atoms with Gasteiger partial charge in [-0.05, 0) is 62.3 Å². The Labute approximate surface area is 529 Å². The second-order valence-electron chi connectivity index (χ2n) is 24.4. The van der Waals surface area contributed by atoms with Crippen molar-refractivity contribution in [3.8, 4) is 11.5 Å². The molecule has 10 atom stereocenters. The third-order valence-corrected chi connectivity index (χ3v) is 17.9. The zero-order valence-electron chi connectivity index (χ0n) is 51.5. The molecule has 0 saturated carbocycles. The first kappa shape index (κ1) is 66.3. The van der Waals surface area contributed by atoms with Crippen LogP contribution in [0.4, 0.5) is 21.0 Å². The number of fused-ring (bicyclic) bond motifs is 6. The number of nitrogens with one attached hydrogen (secondary N) is 4. The van der Waals surface area contributed by atoms with Gasteiger partial charge >= 0.3 is 12.1 Å². The third kappa shape index (κ3) is 13.9. The molecule has 4 fully saturated rings. The van der Waals surface area contributed by atoms with Crippen LogP contribution in [0.15, 0.2) is 54.6 Å². The highest BCUT2D eigenvalue weighted by molar-refractivity contribution is 6.32. The first-order valence-electron chi connectivity index (χ1n) is 30.9. The normalized spacial score (nSPS) is 24.8. The largest absolute Gasteiger partial charge is 0.507 e. The number of ketones is 2. The molecule has 5 heterocycles. The van der Waals surface area contributed by atoms with Crippen molar-refractivity contribution in [2.45, 2.75) is 146 Å². The summed E-state index contributed by atoms with van der Waals surface area (Å²) >= 11 is 0. The highest BCUT2D eigenvalue weighted by Crippen LogP contribution is 2.53. The number of unbranched alkanes of at least 4 members (excludes halogenated alkanes) is 2. The van der Waals surface area contributed by atoms with Crippen LogP contribution in [0.1, 0.15) is 127 Å². The molecule has 10 rings (SSSR count). The summed E-state index contributed by atoms with van der Waals surface area (Å²) in [7, 11) is 1.52. The molecule has 0 unspecified atom stereocenters. The lowest BCUT2D eigenvalue weighted by molar-refractivity contribution is -0.256. The van der Waals surface area contributed by atoms with Crippen LogP contribution in [-0.4, -0.2) is 208 Å². The van der Waals surface area contributed by atoms with Gasteiger partial charge in [0.25, 0.3) is 17.7 Å². The van der Waals surface area contributed by atoms with Crippen LogP contribution in [0.3, 0.4) is 0 Å². The molecule has 0 radical (unpaired) electrons. The number of ether oxygens (including phenoxy) is 6. The van der Waals surface area contributed by atoms with Gasteiger partial charge in [0.2, 0.25) is 17.7 Å². The maximum absolute atomic E-state index is 14.8. The van der Waals surface area contributed by atoms with Gasteiger partial charge < -0.3 is 86.3 Å². The number of piperazine rings is 1. The first-order chi connectivity index (χ1) is 44.0. The highest BCUT2D eigenvalue weighted by atomic mass is 16.7. The minimum Gasteiger partial charge on any atom is -0.507 e. The number of urea groups is 1. The number of amides is 9. The number of nitrogen functional groups attached to an aromatic ring is 1. The average Bonchev–Trinajstić information content (AvgIpc) is 0.820. The molecule has 11 N–H and O–H groups in total. The Morgan fingerprint density at radius 1 is 0.826 bits per heavy atom. The number of phenolic OH excluding ortho intramolecular Hbond substituents is 2. The number of aromatic hydroxyl groups is 2. The number of methoxy groups -OCH3 is 1. The van der Waals surface area contributed by atoms with Gasteiger partial charge in [0.1, 0.15) is 41.9 Å². The van der Waals surface area contributed by atoms with Crippen molar-refractivity contribution in [1.82, 2.24) is 35.6 Å². The lowest BCUT2D eigenvalue weighted by Crippen LogP contribution is -2.59.